The molecule has 3 aromatic rings. The molecule has 0 aliphatic carbocycles. The molecule has 11 heteroatoms. The van der Waals surface area contributed by atoms with Crippen LogP contribution in [0.1, 0.15) is 0 Å². The van der Waals surface area contributed by atoms with Gasteiger partial charge in [0.05, 0.1) is 28.3 Å². The number of hydrogen-bond donors (Lipinski definition) is 1. The Hall–Kier alpha value is -3.15. The molecule has 0 bridgehead atoms. The highest BCUT2D eigenvalue weighted by Crippen LogP contribution is 2.41. The summed E-state index contributed by atoms with van der Waals surface area (Å²) in [6.45, 7) is -0.482. The highest BCUT2D eigenvalue weighted by atomic mass is 32.2. The van der Waals surface area contributed by atoms with Gasteiger partial charge < -0.3 is 10.1 Å². The molecule has 1 amide bonds. The van der Waals surface area contributed by atoms with Crippen LogP contribution in [0, 0.1) is 0 Å². The Morgan fingerprint density at radius 2 is 1.78 bits per heavy atom. The summed E-state index contributed by atoms with van der Waals surface area (Å²) in [7, 11) is -3.47. The van der Waals surface area contributed by atoms with Crippen molar-refractivity contribution in [3.05, 3.63) is 54.6 Å². The highest BCUT2D eigenvalue weighted by molar-refractivity contribution is 7.93. The third-order valence-electron chi connectivity index (χ3n) is 5.19. The van der Waals surface area contributed by atoms with Crippen molar-refractivity contribution in [2.24, 2.45) is 0 Å². The number of carbonyl (C=O) groups excluding carboxylic acids is 1. The number of methoxy groups -OCH3 is 1. The number of hydrogen-bond acceptors (Lipinski definition) is 6. The lowest BCUT2D eigenvalue weighted by molar-refractivity contribution is -0.114. The van der Waals surface area contributed by atoms with Gasteiger partial charge in [-0.1, -0.05) is 24.3 Å². The summed E-state index contributed by atoms with van der Waals surface area (Å²) in [5.41, 5.74) is 0.539. The number of nitrogens with one attached hydrogen (secondary N) is 1. The van der Waals surface area contributed by atoms with Crippen LogP contribution in [0.25, 0.3) is 10.8 Å². The van der Waals surface area contributed by atoms with E-state index in [2.05, 4.69) is 5.32 Å². The molecule has 1 heterocycles. The van der Waals surface area contributed by atoms with Crippen molar-refractivity contribution in [1.82, 2.24) is 4.31 Å². The minimum Gasteiger partial charge on any atom is -0.495 e. The lowest BCUT2D eigenvalue weighted by atomic mass is 10.1. The summed E-state index contributed by atoms with van der Waals surface area (Å²) in [5, 5.41) is 3.91. The first-order valence-corrected chi connectivity index (χ1v) is 12.4. The van der Waals surface area contributed by atoms with Crippen LogP contribution in [-0.4, -0.2) is 54.8 Å². The molecule has 0 aromatic heterocycles. The van der Waals surface area contributed by atoms with Gasteiger partial charge in [0.2, 0.25) is 15.9 Å². The van der Waals surface area contributed by atoms with E-state index in [4.69, 9.17) is 4.74 Å². The van der Waals surface area contributed by atoms with E-state index in [0.29, 0.717) is 11.1 Å². The number of rotatable bonds is 6. The van der Waals surface area contributed by atoms with Crippen molar-refractivity contribution in [1.29, 1.82) is 0 Å². The largest absolute Gasteiger partial charge is 0.495 e. The van der Waals surface area contributed by atoms with Crippen LogP contribution in [-0.2, 0) is 24.8 Å². The third-order valence-corrected chi connectivity index (χ3v) is 8.81. The summed E-state index contributed by atoms with van der Waals surface area (Å²) in [5.74, 6) is -0.401. The summed E-state index contributed by atoms with van der Waals surface area (Å²) >= 11 is 0. The minimum atomic E-state index is -3.91. The normalized spacial score (nSPS) is 14.7. The monoisotopic (exact) mass is 475 g/mol. The van der Waals surface area contributed by atoms with Gasteiger partial charge in [-0.3, -0.25) is 9.10 Å². The number of amides is 1. The Balaban J connectivity index is 1.66. The number of benzene rings is 3. The Kier molecular flexibility index (Phi) is 5.35. The molecule has 0 spiro atoms. The van der Waals surface area contributed by atoms with Gasteiger partial charge in [-0.05, 0) is 35.7 Å². The predicted molar refractivity (Wildman–Crippen MR) is 121 cm³/mol. The SMILES string of the molecule is COc1ccc(S(=O)(=O)N(C)C)cc1NC(=O)CN1c2cccc3cccc(c23)S1(=O)=O. The molecule has 0 saturated carbocycles. The van der Waals surface area contributed by atoms with E-state index in [-0.39, 0.29) is 21.2 Å². The lowest BCUT2D eigenvalue weighted by Crippen LogP contribution is -2.35. The zero-order valence-corrected chi connectivity index (χ0v) is 19.2. The van der Waals surface area contributed by atoms with E-state index in [1.165, 1.54) is 45.5 Å². The fraction of sp³-hybridized carbons (Fsp3) is 0.190. The van der Waals surface area contributed by atoms with E-state index in [0.717, 1.165) is 14.0 Å². The van der Waals surface area contributed by atoms with Gasteiger partial charge in [-0.25, -0.2) is 21.1 Å². The van der Waals surface area contributed by atoms with Crippen molar-refractivity contribution in [2.75, 3.05) is 37.4 Å². The number of ether oxygens (including phenoxy) is 1. The molecule has 0 atom stereocenters. The third kappa shape index (κ3) is 3.48. The van der Waals surface area contributed by atoms with Crippen LogP contribution in [0.15, 0.2) is 64.4 Å². The molecule has 4 rings (SSSR count). The number of anilines is 2. The van der Waals surface area contributed by atoms with E-state index >= 15 is 0 Å². The van der Waals surface area contributed by atoms with Gasteiger partial charge in [-0.15, -0.1) is 0 Å². The average molecular weight is 476 g/mol. The fourth-order valence-electron chi connectivity index (χ4n) is 3.60. The van der Waals surface area contributed by atoms with E-state index in [1.807, 2.05) is 12.1 Å². The second kappa shape index (κ2) is 7.76. The second-order valence-electron chi connectivity index (χ2n) is 7.34. The fourth-order valence-corrected chi connectivity index (χ4v) is 6.20. The summed E-state index contributed by atoms with van der Waals surface area (Å²) in [6.07, 6.45) is 0. The molecule has 0 fully saturated rings. The van der Waals surface area contributed by atoms with Crippen molar-refractivity contribution < 1.29 is 26.4 Å². The van der Waals surface area contributed by atoms with E-state index < -0.39 is 32.5 Å². The first kappa shape index (κ1) is 22.1. The maximum Gasteiger partial charge on any atom is 0.265 e. The van der Waals surface area contributed by atoms with E-state index in [1.54, 1.807) is 18.2 Å². The first-order valence-electron chi connectivity index (χ1n) is 9.52. The first-order chi connectivity index (χ1) is 15.1. The van der Waals surface area contributed by atoms with Gasteiger partial charge in [-0.2, -0.15) is 0 Å². The van der Waals surface area contributed by atoms with Gasteiger partial charge in [0.1, 0.15) is 12.3 Å². The van der Waals surface area contributed by atoms with Crippen LogP contribution in [0.5, 0.6) is 5.75 Å². The van der Waals surface area contributed by atoms with Crippen molar-refractivity contribution in [3.8, 4) is 5.75 Å². The van der Waals surface area contributed by atoms with Gasteiger partial charge in [0, 0.05) is 19.5 Å². The number of nitrogens with zero attached hydrogens (tertiary/aromatic N) is 2. The molecule has 32 heavy (non-hydrogen) atoms. The predicted octanol–water partition coefficient (Wildman–Crippen LogP) is 2.25. The van der Waals surface area contributed by atoms with Crippen LogP contribution < -0.4 is 14.4 Å². The molecule has 1 aliphatic heterocycles. The Labute approximate surface area is 186 Å². The maximum absolute atomic E-state index is 13.1. The van der Waals surface area contributed by atoms with Crippen molar-refractivity contribution in [3.63, 3.8) is 0 Å². The van der Waals surface area contributed by atoms with E-state index in [9.17, 15) is 21.6 Å². The summed E-state index contributed by atoms with van der Waals surface area (Å²) in [6, 6.07) is 14.2. The van der Waals surface area contributed by atoms with Crippen LogP contribution >= 0.6 is 0 Å². The molecule has 0 radical (unpaired) electrons. The summed E-state index contributed by atoms with van der Waals surface area (Å²) in [4.78, 5) is 13.0. The van der Waals surface area contributed by atoms with Crippen molar-refractivity contribution in [2.45, 2.75) is 9.79 Å². The topological polar surface area (TPSA) is 113 Å². The van der Waals surface area contributed by atoms with Gasteiger partial charge in [0.15, 0.2) is 0 Å². The molecule has 168 valence electrons. The molecular formula is C21H21N3O6S2. The highest BCUT2D eigenvalue weighted by Gasteiger charge is 2.36. The molecule has 1 aliphatic rings. The zero-order valence-electron chi connectivity index (χ0n) is 17.6. The van der Waals surface area contributed by atoms with Gasteiger partial charge >= 0.3 is 0 Å². The quantitative estimate of drug-likeness (QED) is 0.585. The average Bonchev–Trinajstić information content (AvgIpc) is 2.97. The Morgan fingerprint density at radius 1 is 1.09 bits per heavy atom. The minimum absolute atomic E-state index is 0.0374. The standard InChI is InChI=1S/C21H21N3O6S2/c1-23(2)31(26,27)15-10-11-18(30-3)16(12-15)22-20(25)13-24-17-8-4-6-14-7-5-9-19(21(14)17)32(24,28)29/h4-12H,13H2,1-3H3,(H,22,25). The molecule has 3 aromatic carbocycles. The molecule has 0 saturated heterocycles. The van der Waals surface area contributed by atoms with Crippen LogP contribution in [0.3, 0.4) is 0 Å². The summed E-state index contributed by atoms with van der Waals surface area (Å²) < 4.78 is 58.4. The Morgan fingerprint density at radius 3 is 2.44 bits per heavy atom. The molecular weight excluding hydrogens is 454 g/mol. The molecule has 1 N–H and O–H groups in total. The zero-order chi connectivity index (χ0) is 23.3. The second-order valence-corrected chi connectivity index (χ2v) is 11.3. The maximum atomic E-state index is 13.1. The molecule has 9 nitrogen and oxygen atoms in total. The van der Waals surface area contributed by atoms with Gasteiger partial charge in [0.25, 0.3) is 10.0 Å². The van der Waals surface area contributed by atoms with Crippen molar-refractivity contribution >= 4 is 48.1 Å². The smallest absolute Gasteiger partial charge is 0.265 e. The van der Waals surface area contributed by atoms with Crippen LogP contribution in [0.4, 0.5) is 11.4 Å². The number of carbonyl (C=O) groups is 1. The number of sulfonamides is 2. The lowest BCUT2D eigenvalue weighted by Gasteiger charge is -2.19. The Bertz CT molecular complexity index is 1440. The van der Waals surface area contributed by atoms with Crippen LogP contribution in [0.2, 0.25) is 0 Å². The molecule has 0 unspecified atom stereocenters.